The molecule has 0 fully saturated rings. The van der Waals surface area contributed by atoms with Crippen molar-refractivity contribution in [3.63, 3.8) is 0 Å². The maximum Gasteiger partial charge on any atom is 0.0632 e. The Labute approximate surface area is 136 Å². The SMILES string of the molecule is N=C(/C=C(\N)c1ccc(-c2ccccc2)cc1)c1ccccc1. The summed E-state index contributed by atoms with van der Waals surface area (Å²) >= 11 is 0. The largest absolute Gasteiger partial charge is 0.398 e. The van der Waals surface area contributed by atoms with Crippen LogP contribution in [-0.4, -0.2) is 5.71 Å². The quantitative estimate of drug-likeness (QED) is 0.673. The van der Waals surface area contributed by atoms with E-state index in [9.17, 15) is 0 Å². The van der Waals surface area contributed by atoms with Gasteiger partial charge in [0.25, 0.3) is 0 Å². The first-order valence-corrected chi connectivity index (χ1v) is 7.51. The summed E-state index contributed by atoms with van der Waals surface area (Å²) < 4.78 is 0. The number of nitrogens with one attached hydrogen (secondary N) is 1. The Morgan fingerprint density at radius 2 is 1.17 bits per heavy atom. The van der Waals surface area contributed by atoms with Crippen LogP contribution in [0.25, 0.3) is 16.8 Å². The number of hydrogen-bond donors (Lipinski definition) is 2. The van der Waals surface area contributed by atoms with E-state index in [2.05, 4.69) is 24.3 Å². The van der Waals surface area contributed by atoms with Crippen molar-refractivity contribution in [1.29, 1.82) is 5.41 Å². The summed E-state index contributed by atoms with van der Waals surface area (Å²) in [7, 11) is 0. The molecule has 0 radical (unpaired) electrons. The number of rotatable bonds is 4. The molecule has 0 aliphatic heterocycles. The minimum Gasteiger partial charge on any atom is -0.398 e. The maximum atomic E-state index is 8.13. The summed E-state index contributed by atoms with van der Waals surface area (Å²) in [6, 6.07) is 27.9. The first kappa shape index (κ1) is 14.8. The number of nitrogens with two attached hydrogens (primary N) is 1. The molecule has 3 N–H and O–H groups in total. The highest BCUT2D eigenvalue weighted by Crippen LogP contribution is 2.21. The highest BCUT2D eigenvalue weighted by molar-refractivity contribution is 6.10. The van der Waals surface area contributed by atoms with Crippen LogP contribution in [0, 0.1) is 5.41 Å². The smallest absolute Gasteiger partial charge is 0.0632 e. The standard InChI is InChI=1S/C21H18N2/c22-20(18-9-5-2-6-10-18)15-21(23)19-13-11-17(12-14-19)16-7-3-1-4-8-16/h1-15,22H,23H2/b21-15-,22-20?. The van der Waals surface area contributed by atoms with E-state index < -0.39 is 0 Å². The first-order chi connectivity index (χ1) is 11.2. The van der Waals surface area contributed by atoms with Gasteiger partial charge in [0, 0.05) is 5.70 Å². The van der Waals surface area contributed by atoms with Crippen LogP contribution in [0.3, 0.4) is 0 Å². The van der Waals surface area contributed by atoms with E-state index in [1.54, 1.807) is 6.08 Å². The predicted octanol–water partition coefficient (Wildman–Crippen LogP) is 4.72. The summed E-state index contributed by atoms with van der Waals surface area (Å²) in [5.41, 5.74) is 11.3. The Bertz CT molecular complexity index is 817. The molecule has 3 aromatic carbocycles. The van der Waals surface area contributed by atoms with Crippen molar-refractivity contribution >= 4 is 11.4 Å². The van der Waals surface area contributed by atoms with E-state index in [1.165, 1.54) is 5.56 Å². The van der Waals surface area contributed by atoms with Crippen LogP contribution in [0.1, 0.15) is 11.1 Å². The van der Waals surface area contributed by atoms with E-state index in [4.69, 9.17) is 11.1 Å². The molecule has 2 nitrogen and oxygen atoms in total. The Hall–Kier alpha value is -3.13. The zero-order chi connectivity index (χ0) is 16.1. The molecule has 3 rings (SSSR count). The van der Waals surface area contributed by atoms with Crippen molar-refractivity contribution < 1.29 is 0 Å². The zero-order valence-corrected chi connectivity index (χ0v) is 12.7. The molecule has 0 saturated carbocycles. The van der Waals surface area contributed by atoms with Crippen molar-refractivity contribution in [1.82, 2.24) is 0 Å². The Kier molecular flexibility index (Phi) is 4.34. The zero-order valence-electron chi connectivity index (χ0n) is 12.7. The van der Waals surface area contributed by atoms with Crippen LogP contribution < -0.4 is 5.73 Å². The van der Waals surface area contributed by atoms with Gasteiger partial charge in [-0.3, -0.25) is 0 Å². The van der Waals surface area contributed by atoms with Crippen LogP contribution in [0.15, 0.2) is 91.0 Å². The van der Waals surface area contributed by atoms with Crippen molar-refractivity contribution in [2.45, 2.75) is 0 Å². The van der Waals surface area contributed by atoms with Crippen LogP contribution in [0.5, 0.6) is 0 Å². The Morgan fingerprint density at radius 3 is 1.78 bits per heavy atom. The second-order valence-corrected chi connectivity index (χ2v) is 5.32. The van der Waals surface area contributed by atoms with Gasteiger partial charge in [-0.1, -0.05) is 84.9 Å². The lowest BCUT2D eigenvalue weighted by molar-refractivity contribution is 1.47. The second kappa shape index (κ2) is 6.75. The molecule has 0 saturated heterocycles. The molecule has 0 amide bonds. The minimum atomic E-state index is 0.412. The van der Waals surface area contributed by atoms with Crippen LogP contribution >= 0.6 is 0 Å². The molecule has 2 heteroatoms. The lowest BCUT2D eigenvalue weighted by Crippen LogP contribution is -2.02. The molecular weight excluding hydrogens is 280 g/mol. The van der Waals surface area contributed by atoms with Crippen molar-refractivity contribution in [2.24, 2.45) is 5.73 Å². The average molecular weight is 298 g/mol. The first-order valence-electron chi connectivity index (χ1n) is 7.51. The van der Waals surface area contributed by atoms with Crippen molar-refractivity contribution in [3.05, 3.63) is 102 Å². The number of benzene rings is 3. The molecular formula is C21H18N2. The van der Waals surface area contributed by atoms with Crippen molar-refractivity contribution in [2.75, 3.05) is 0 Å². The third-order valence-corrected chi connectivity index (χ3v) is 3.71. The van der Waals surface area contributed by atoms with Gasteiger partial charge in [0.2, 0.25) is 0 Å². The minimum absolute atomic E-state index is 0.412. The van der Waals surface area contributed by atoms with Gasteiger partial charge in [-0.25, -0.2) is 0 Å². The van der Waals surface area contributed by atoms with Gasteiger partial charge in [0.05, 0.1) is 5.71 Å². The maximum absolute atomic E-state index is 8.13. The van der Waals surface area contributed by atoms with Gasteiger partial charge >= 0.3 is 0 Å². The fourth-order valence-corrected chi connectivity index (χ4v) is 2.43. The van der Waals surface area contributed by atoms with Gasteiger partial charge in [-0.2, -0.15) is 0 Å². The predicted molar refractivity (Wildman–Crippen MR) is 97.3 cm³/mol. The van der Waals surface area contributed by atoms with Crippen LogP contribution in [0.4, 0.5) is 0 Å². The van der Waals surface area contributed by atoms with Crippen molar-refractivity contribution in [3.8, 4) is 11.1 Å². The summed E-state index contributed by atoms with van der Waals surface area (Å²) in [5.74, 6) is 0. The fraction of sp³-hybridized carbons (Fsp3) is 0. The molecule has 0 atom stereocenters. The number of allylic oxidation sites excluding steroid dienone is 1. The van der Waals surface area contributed by atoms with E-state index in [0.29, 0.717) is 11.4 Å². The Morgan fingerprint density at radius 1 is 0.652 bits per heavy atom. The molecule has 0 heterocycles. The molecule has 0 spiro atoms. The normalized spacial score (nSPS) is 11.2. The molecule has 0 aliphatic rings. The Balaban J connectivity index is 1.82. The molecule has 0 aromatic heterocycles. The van der Waals surface area contributed by atoms with E-state index in [1.807, 2.05) is 60.7 Å². The van der Waals surface area contributed by atoms with Gasteiger partial charge in [0.1, 0.15) is 0 Å². The lowest BCUT2D eigenvalue weighted by atomic mass is 10.0. The summed E-state index contributed by atoms with van der Waals surface area (Å²) in [6.07, 6.45) is 1.70. The van der Waals surface area contributed by atoms with Crippen LogP contribution in [-0.2, 0) is 0 Å². The highest BCUT2D eigenvalue weighted by atomic mass is 14.6. The lowest BCUT2D eigenvalue weighted by Gasteiger charge is -2.06. The second-order valence-electron chi connectivity index (χ2n) is 5.32. The summed E-state index contributed by atoms with van der Waals surface area (Å²) in [5, 5.41) is 8.13. The highest BCUT2D eigenvalue weighted by Gasteiger charge is 2.02. The molecule has 112 valence electrons. The topological polar surface area (TPSA) is 49.9 Å². The third-order valence-electron chi connectivity index (χ3n) is 3.71. The molecule has 0 unspecified atom stereocenters. The van der Waals surface area contributed by atoms with E-state index in [-0.39, 0.29) is 0 Å². The van der Waals surface area contributed by atoms with Gasteiger partial charge < -0.3 is 11.1 Å². The van der Waals surface area contributed by atoms with Crippen LogP contribution in [0.2, 0.25) is 0 Å². The average Bonchev–Trinajstić information content (AvgIpc) is 2.63. The fourth-order valence-electron chi connectivity index (χ4n) is 2.43. The molecule has 0 aliphatic carbocycles. The van der Waals surface area contributed by atoms with E-state index >= 15 is 0 Å². The van der Waals surface area contributed by atoms with E-state index in [0.717, 1.165) is 16.7 Å². The monoisotopic (exact) mass is 298 g/mol. The molecule has 0 bridgehead atoms. The molecule has 3 aromatic rings. The summed E-state index contributed by atoms with van der Waals surface area (Å²) in [4.78, 5) is 0. The summed E-state index contributed by atoms with van der Waals surface area (Å²) in [6.45, 7) is 0. The molecule has 23 heavy (non-hydrogen) atoms. The van der Waals surface area contributed by atoms with Gasteiger partial charge in [-0.05, 0) is 28.3 Å². The third kappa shape index (κ3) is 3.55. The number of hydrogen-bond acceptors (Lipinski definition) is 2. The van der Waals surface area contributed by atoms with Gasteiger partial charge in [0.15, 0.2) is 0 Å². The van der Waals surface area contributed by atoms with Gasteiger partial charge in [-0.15, -0.1) is 0 Å².